The lowest BCUT2D eigenvalue weighted by Gasteiger charge is -2.47. The number of carbonyl (C=O) groups is 1. The molecule has 2 saturated heterocycles. The molecule has 0 radical (unpaired) electrons. The molecule has 9 nitrogen and oxygen atoms in total. The van der Waals surface area contributed by atoms with Crippen molar-refractivity contribution in [3.8, 4) is 0 Å². The van der Waals surface area contributed by atoms with Gasteiger partial charge in [-0.3, -0.25) is 4.79 Å². The number of halogens is 3. The second-order valence-corrected chi connectivity index (χ2v) is 16.4. The predicted molar refractivity (Wildman–Crippen MR) is 227 cm³/mol. The highest BCUT2D eigenvalue weighted by Crippen LogP contribution is 2.40. The maximum absolute atomic E-state index is 17.3. The van der Waals surface area contributed by atoms with Gasteiger partial charge in [-0.2, -0.15) is 0 Å². The van der Waals surface area contributed by atoms with E-state index in [0.29, 0.717) is 5.02 Å². The largest absolute Gasteiger partial charge is 0.457 e. The molecule has 10 atom stereocenters. The number of ether oxygens (including phenoxy) is 8. The third kappa shape index (κ3) is 12.9. The molecule has 0 amide bonds. The van der Waals surface area contributed by atoms with Crippen molar-refractivity contribution in [3.63, 3.8) is 0 Å². The first-order valence-corrected chi connectivity index (χ1v) is 21.4. The molecule has 322 valence electrons. The second-order valence-electron chi connectivity index (χ2n) is 14.7. The predicted octanol–water partition coefficient (Wildman–Crippen LogP) is 9.48. The van der Waals surface area contributed by atoms with Gasteiger partial charge in [-0.05, 0) is 46.5 Å². The molecule has 2 fully saturated rings. The van der Waals surface area contributed by atoms with E-state index in [4.69, 9.17) is 49.5 Å². The van der Waals surface area contributed by atoms with Gasteiger partial charge in [0.05, 0.1) is 39.6 Å². The number of alkyl halides is 2. The van der Waals surface area contributed by atoms with Crippen LogP contribution in [0.5, 0.6) is 0 Å². The Bertz CT molecular complexity index is 2040. The van der Waals surface area contributed by atoms with E-state index >= 15 is 8.78 Å². The van der Waals surface area contributed by atoms with Crippen molar-refractivity contribution < 1.29 is 51.5 Å². The van der Waals surface area contributed by atoms with E-state index in [2.05, 4.69) is 0 Å². The van der Waals surface area contributed by atoms with Gasteiger partial charge >= 0.3 is 5.97 Å². The molecule has 0 aromatic heterocycles. The van der Waals surface area contributed by atoms with Gasteiger partial charge in [-0.25, -0.2) is 8.78 Å². The fourth-order valence-corrected chi connectivity index (χ4v) is 8.33. The summed E-state index contributed by atoms with van der Waals surface area (Å²) in [6.07, 6.45) is -12.6. The average molecular weight is 875 g/mol. The zero-order valence-corrected chi connectivity index (χ0v) is 35.2. The van der Waals surface area contributed by atoms with Crippen LogP contribution in [0.4, 0.5) is 8.78 Å². The molecular formula is C48H49ClF2O9S. The normalized spacial score (nSPS) is 26.4. The summed E-state index contributed by atoms with van der Waals surface area (Å²) in [5, 5.41) is 0.537. The topological polar surface area (TPSA) is 90.9 Å². The minimum Gasteiger partial charge on any atom is -0.457 e. The van der Waals surface area contributed by atoms with Crippen LogP contribution in [0.25, 0.3) is 0 Å². The maximum atomic E-state index is 17.3. The summed E-state index contributed by atoms with van der Waals surface area (Å²) in [5.74, 6) is -0.656. The van der Waals surface area contributed by atoms with Gasteiger partial charge in [0.2, 0.25) is 0 Å². The zero-order chi connectivity index (χ0) is 42.4. The molecular weight excluding hydrogens is 826 g/mol. The highest BCUT2D eigenvalue weighted by Gasteiger charge is 2.54. The molecule has 5 aromatic carbocycles. The van der Waals surface area contributed by atoms with Gasteiger partial charge in [0.1, 0.15) is 36.0 Å². The molecule has 0 saturated carbocycles. The van der Waals surface area contributed by atoms with Crippen molar-refractivity contribution in [1.82, 2.24) is 0 Å². The summed E-state index contributed by atoms with van der Waals surface area (Å²) in [4.78, 5) is 13.3. The van der Waals surface area contributed by atoms with Gasteiger partial charge in [0.15, 0.2) is 24.7 Å². The van der Waals surface area contributed by atoms with E-state index in [1.165, 1.54) is 18.7 Å². The molecule has 7 rings (SSSR count). The molecule has 0 unspecified atom stereocenters. The molecule has 13 heteroatoms. The maximum Gasteiger partial charge on any atom is 0.303 e. The van der Waals surface area contributed by atoms with Crippen LogP contribution in [0.3, 0.4) is 0 Å². The number of benzene rings is 5. The Morgan fingerprint density at radius 2 is 1.02 bits per heavy atom. The van der Waals surface area contributed by atoms with Crippen molar-refractivity contribution in [2.75, 3.05) is 13.2 Å². The Morgan fingerprint density at radius 1 is 0.574 bits per heavy atom. The smallest absolute Gasteiger partial charge is 0.303 e. The van der Waals surface area contributed by atoms with Crippen LogP contribution < -0.4 is 0 Å². The highest BCUT2D eigenvalue weighted by atomic mass is 35.5. The summed E-state index contributed by atoms with van der Waals surface area (Å²) in [6.45, 7) is 1.51. The summed E-state index contributed by atoms with van der Waals surface area (Å²) in [6, 6.07) is 44.6. The lowest BCUT2D eigenvalue weighted by Crippen LogP contribution is -2.64. The Labute approximate surface area is 364 Å². The lowest BCUT2D eigenvalue weighted by molar-refractivity contribution is -0.336. The average Bonchev–Trinajstić information content (AvgIpc) is 3.28. The standard InChI is InChI=1S/C48H49ClF2O9S/c1-32(52)57-43-39(30-53-26-33-14-6-2-7-15-33)58-47(41(50)45(43)55-28-35-18-10-4-11-19-35)60-44-40(31-54-27-34-16-8-3-9-17-34)59-48(61-38-24-22-37(49)23-25-38)42(51)46(44)56-29-36-20-12-5-13-21-36/h2-25,39-48H,26-31H2,1H3/t39-,40-,41-,42-,43-,44-,45-,46-,47-,48+/m1/s1. The Balaban J connectivity index is 1.20. The molecule has 0 N–H and O–H groups in total. The Kier molecular flexibility index (Phi) is 16.7. The fraction of sp³-hybridized carbons (Fsp3) is 0.354. The monoisotopic (exact) mass is 874 g/mol. The summed E-state index contributed by atoms with van der Waals surface area (Å²) in [7, 11) is 0. The first-order chi connectivity index (χ1) is 29.8. The number of esters is 1. The molecule has 2 aliphatic heterocycles. The Hall–Kier alpha value is -4.21. The number of hydrogen-bond donors (Lipinski definition) is 0. The van der Waals surface area contributed by atoms with Crippen LogP contribution in [-0.4, -0.2) is 79.9 Å². The molecule has 5 aromatic rings. The van der Waals surface area contributed by atoms with Crippen molar-refractivity contribution in [1.29, 1.82) is 0 Å². The second kappa shape index (κ2) is 22.8. The van der Waals surface area contributed by atoms with Gasteiger partial charge < -0.3 is 37.9 Å². The van der Waals surface area contributed by atoms with E-state index in [-0.39, 0.29) is 39.6 Å². The van der Waals surface area contributed by atoms with E-state index in [9.17, 15) is 4.79 Å². The quantitative estimate of drug-likeness (QED) is 0.0748. The SMILES string of the molecule is CC(=O)O[C@H]1[C@H](OCc2ccccc2)[C@@H](F)[C@@H](O[C@H]2[C@H](OCc3ccccc3)[C@@H](F)[C@H](Sc3ccc(Cl)cc3)O[C@@H]2COCc2ccccc2)O[C@@H]1COCc1ccccc1. The van der Waals surface area contributed by atoms with Crippen LogP contribution >= 0.6 is 23.4 Å². The van der Waals surface area contributed by atoms with E-state index in [1.807, 2.05) is 121 Å². The van der Waals surface area contributed by atoms with Crippen molar-refractivity contribution in [3.05, 3.63) is 173 Å². The number of rotatable bonds is 19. The van der Waals surface area contributed by atoms with Crippen LogP contribution in [-0.2, 0) is 69.1 Å². The first-order valence-electron chi connectivity index (χ1n) is 20.2. The lowest BCUT2D eigenvalue weighted by atomic mass is 9.97. The molecule has 0 aliphatic carbocycles. The molecule has 0 bridgehead atoms. The minimum absolute atomic E-state index is 0.00450. The fourth-order valence-electron chi connectivity index (χ4n) is 7.16. The third-order valence-corrected chi connectivity index (χ3v) is 11.6. The number of thioether (sulfide) groups is 1. The zero-order valence-electron chi connectivity index (χ0n) is 33.6. The molecule has 61 heavy (non-hydrogen) atoms. The summed E-state index contributed by atoms with van der Waals surface area (Å²) >= 11 is 7.34. The van der Waals surface area contributed by atoms with E-state index in [1.54, 1.807) is 24.3 Å². The van der Waals surface area contributed by atoms with Crippen molar-refractivity contribution >= 4 is 29.3 Å². The molecule has 0 spiro atoms. The minimum atomic E-state index is -2.03. The third-order valence-electron chi connectivity index (χ3n) is 10.2. The first kappa shape index (κ1) is 44.8. The highest BCUT2D eigenvalue weighted by molar-refractivity contribution is 7.99. The van der Waals surface area contributed by atoms with Crippen LogP contribution in [0.15, 0.2) is 150 Å². The number of hydrogen-bond acceptors (Lipinski definition) is 10. The van der Waals surface area contributed by atoms with Gasteiger partial charge in [0.25, 0.3) is 0 Å². The summed E-state index contributed by atoms with van der Waals surface area (Å²) in [5.41, 5.74) is 2.30. The van der Waals surface area contributed by atoms with Gasteiger partial charge in [0, 0.05) is 16.8 Å². The Morgan fingerprint density at radius 3 is 1.49 bits per heavy atom. The van der Waals surface area contributed by atoms with Gasteiger partial charge in [-0.1, -0.05) is 145 Å². The number of carbonyl (C=O) groups excluding carboxylic acids is 1. The van der Waals surface area contributed by atoms with Crippen LogP contribution in [0.1, 0.15) is 29.2 Å². The summed E-state index contributed by atoms with van der Waals surface area (Å²) < 4.78 is 84.6. The molecule has 2 heterocycles. The van der Waals surface area contributed by atoms with Crippen molar-refractivity contribution in [2.45, 2.75) is 98.9 Å². The van der Waals surface area contributed by atoms with Gasteiger partial charge in [-0.15, -0.1) is 0 Å². The van der Waals surface area contributed by atoms with E-state index < -0.39 is 66.7 Å². The van der Waals surface area contributed by atoms with Crippen molar-refractivity contribution in [2.24, 2.45) is 0 Å². The molecule has 2 aliphatic rings. The van der Waals surface area contributed by atoms with E-state index in [0.717, 1.165) is 27.1 Å². The van der Waals surface area contributed by atoms with Crippen LogP contribution in [0.2, 0.25) is 5.02 Å². The van der Waals surface area contributed by atoms with Crippen LogP contribution in [0, 0.1) is 0 Å².